The smallest absolute Gasteiger partial charge is 0.178 e. The highest BCUT2D eigenvalue weighted by molar-refractivity contribution is 7.91. The second-order valence-corrected chi connectivity index (χ2v) is 9.36. The van der Waals surface area contributed by atoms with Gasteiger partial charge in [-0.3, -0.25) is 0 Å². The molecule has 5 heteroatoms. The first-order valence-electron chi connectivity index (χ1n) is 9.03. The molecule has 0 radical (unpaired) electrons. The van der Waals surface area contributed by atoms with Gasteiger partial charge in [0.1, 0.15) is 5.65 Å². The number of pyridine rings is 1. The molecule has 0 saturated carbocycles. The quantitative estimate of drug-likeness (QED) is 0.539. The molecule has 138 valence electrons. The van der Waals surface area contributed by atoms with Crippen molar-refractivity contribution >= 4 is 31.8 Å². The number of nitrogens with one attached hydrogen (secondary N) is 1. The maximum absolute atomic E-state index is 12.4. The average molecular weight is 378 g/mol. The third-order valence-corrected chi connectivity index (χ3v) is 7.00. The van der Waals surface area contributed by atoms with Gasteiger partial charge < -0.3 is 4.98 Å². The Balaban J connectivity index is 2.11. The molecule has 0 atom stereocenters. The van der Waals surface area contributed by atoms with E-state index in [-0.39, 0.29) is 5.75 Å². The van der Waals surface area contributed by atoms with E-state index >= 15 is 0 Å². The molecule has 2 aromatic carbocycles. The van der Waals surface area contributed by atoms with E-state index in [0.29, 0.717) is 4.90 Å². The Morgan fingerprint density at radius 3 is 2.59 bits per heavy atom. The lowest BCUT2D eigenvalue weighted by Gasteiger charge is -2.11. The van der Waals surface area contributed by atoms with Crippen molar-refractivity contribution in [3.05, 3.63) is 59.3 Å². The number of benzene rings is 2. The van der Waals surface area contributed by atoms with Gasteiger partial charge in [-0.2, -0.15) is 0 Å². The summed E-state index contributed by atoms with van der Waals surface area (Å²) < 4.78 is 24.7. The highest BCUT2D eigenvalue weighted by Gasteiger charge is 2.17. The summed E-state index contributed by atoms with van der Waals surface area (Å²) in [5, 5.41) is 2.15. The van der Waals surface area contributed by atoms with Crippen LogP contribution in [0.4, 0.5) is 0 Å². The van der Waals surface area contributed by atoms with Gasteiger partial charge in [-0.15, -0.1) is 0 Å². The van der Waals surface area contributed by atoms with Crippen molar-refractivity contribution < 1.29 is 8.42 Å². The first-order chi connectivity index (χ1) is 12.8. The molecule has 0 unspecified atom stereocenters. The summed E-state index contributed by atoms with van der Waals surface area (Å²) in [6.07, 6.45) is 1.86. The fraction of sp³-hybridized carbons (Fsp3) is 0.227. The maximum Gasteiger partial charge on any atom is 0.178 e. The van der Waals surface area contributed by atoms with Crippen LogP contribution in [0.3, 0.4) is 0 Å². The van der Waals surface area contributed by atoms with Gasteiger partial charge in [0.05, 0.1) is 16.2 Å². The molecule has 4 rings (SSSR count). The normalized spacial score (nSPS) is 12.1. The molecular weight excluding hydrogens is 356 g/mol. The zero-order valence-corrected chi connectivity index (χ0v) is 16.7. The van der Waals surface area contributed by atoms with Crippen LogP contribution in [-0.2, 0) is 9.84 Å². The molecule has 0 amide bonds. The topological polar surface area (TPSA) is 62.8 Å². The minimum absolute atomic E-state index is 0.0923. The second kappa shape index (κ2) is 6.20. The Morgan fingerprint density at radius 2 is 1.85 bits per heavy atom. The standard InChI is InChI=1S/C22H22N2O2S/c1-5-27(25,26)17-8-6-7-16(11-17)18-10-14(3)15(4)21-20(18)19-9-13(2)12-23-22(19)24-21/h6-12H,5H2,1-4H3,(H,23,24). The summed E-state index contributed by atoms with van der Waals surface area (Å²) in [5.41, 5.74) is 7.27. The Hall–Kier alpha value is -2.66. The summed E-state index contributed by atoms with van der Waals surface area (Å²) in [6, 6.07) is 11.5. The van der Waals surface area contributed by atoms with E-state index in [9.17, 15) is 8.42 Å². The fourth-order valence-corrected chi connectivity index (χ4v) is 4.51. The van der Waals surface area contributed by atoms with Gasteiger partial charge in [0, 0.05) is 17.0 Å². The Kier molecular flexibility index (Phi) is 4.07. The zero-order chi connectivity index (χ0) is 19.3. The number of nitrogens with zero attached hydrogens (tertiary/aromatic N) is 1. The molecule has 0 fully saturated rings. The average Bonchev–Trinajstić information content (AvgIpc) is 3.03. The van der Waals surface area contributed by atoms with Crippen LogP contribution in [0, 0.1) is 20.8 Å². The molecule has 2 aromatic heterocycles. The second-order valence-electron chi connectivity index (χ2n) is 7.08. The van der Waals surface area contributed by atoms with Crippen LogP contribution in [0.1, 0.15) is 23.6 Å². The third-order valence-electron chi connectivity index (χ3n) is 5.27. The Bertz CT molecular complexity index is 1300. The molecule has 1 N–H and O–H groups in total. The van der Waals surface area contributed by atoms with Crippen LogP contribution >= 0.6 is 0 Å². The summed E-state index contributed by atoms with van der Waals surface area (Å²) in [4.78, 5) is 8.36. The van der Waals surface area contributed by atoms with Crippen LogP contribution in [0.25, 0.3) is 33.1 Å². The highest BCUT2D eigenvalue weighted by Crippen LogP contribution is 2.38. The summed E-state index contributed by atoms with van der Waals surface area (Å²) in [7, 11) is -3.26. The fourth-order valence-electron chi connectivity index (χ4n) is 3.58. The van der Waals surface area contributed by atoms with E-state index in [2.05, 4.69) is 35.9 Å². The van der Waals surface area contributed by atoms with Gasteiger partial charge in [0.15, 0.2) is 9.84 Å². The third kappa shape index (κ3) is 2.82. The van der Waals surface area contributed by atoms with Crippen molar-refractivity contribution in [1.29, 1.82) is 0 Å². The van der Waals surface area contributed by atoms with E-state index in [1.165, 1.54) is 5.56 Å². The van der Waals surface area contributed by atoms with Crippen LogP contribution in [0.2, 0.25) is 0 Å². The molecule has 0 aliphatic rings. The van der Waals surface area contributed by atoms with Crippen molar-refractivity contribution in [2.75, 3.05) is 5.75 Å². The van der Waals surface area contributed by atoms with E-state index in [1.807, 2.05) is 25.3 Å². The van der Waals surface area contributed by atoms with Crippen LogP contribution in [0.15, 0.2) is 47.5 Å². The van der Waals surface area contributed by atoms with E-state index < -0.39 is 9.84 Å². The van der Waals surface area contributed by atoms with Gasteiger partial charge in [0.2, 0.25) is 0 Å². The number of sulfone groups is 1. The van der Waals surface area contributed by atoms with E-state index in [1.54, 1.807) is 19.1 Å². The summed E-state index contributed by atoms with van der Waals surface area (Å²) in [6.45, 7) is 7.88. The lowest BCUT2D eigenvalue weighted by atomic mass is 9.94. The van der Waals surface area contributed by atoms with Gasteiger partial charge in [-0.25, -0.2) is 13.4 Å². The maximum atomic E-state index is 12.4. The Morgan fingerprint density at radius 1 is 1.07 bits per heavy atom. The van der Waals surface area contributed by atoms with Crippen LogP contribution < -0.4 is 0 Å². The highest BCUT2D eigenvalue weighted by atomic mass is 32.2. The number of aryl methyl sites for hydroxylation is 3. The molecule has 0 bridgehead atoms. The molecule has 0 aliphatic carbocycles. The summed E-state index contributed by atoms with van der Waals surface area (Å²) >= 11 is 0. The lowest BCUT2D eigenvalue weighted by Crippen LogP contribution is -2.03. The van der Waals surface area contributed by atoms with E-state index in [4.69, 9.17) is 0 Å². The van der Waals surface area contributed by atoms with Crippen molar-refractivity contribution in [1.82, 2.24) is 9.97 Å². The van der Waals surface area contributed by atoms with Crippen molar-refractivity contribution in [2.24, 2.45) is 0 Å². The van der Waals surface area contributed by atoms with Gasteiger partial charge >= 0.3 is 0 Å². The number of H-pyrrole nitrogens is 1. The molecule has 0 saturated heterocycles. The van der Waals surface area contributed by atoms with Crippen molar-refractivity contribution in [3.63, 3.8) is 0 Å². The van der Waals surface area contributed by atoms with Crippen molar-refractivity contribution in [2.45, 2.75) is 32.6 Å². The predicted octanol–water partition coefficient (Wildman–Crippen LogP) is 5.10. The number of rotatable bonds is 3. The Labute approximate surface area is 159 Å². The molecule has 27 heavy (non-hydrogen) atoms. The molecular formula is C22H22N2O2S. The monoisotopic (exact) mass is 378 g/mol. The number of hydrogen-bond donors (Lipinski definition) is 1. The molecule has 0 aliphatic heterocycles. The molecule has 2 heterocycles. The first-order valence-corrected chi connectivity index (χ1v) is 10.7. The molecule has 0 spiro atoms. The molecule has 4 aromatic rings. The van der Waals surface area contributed by atoms with Gasteiger partial charge in [-0.05, 0) is 66.8 Å². The molecule has 4 nitrogen and oxygen atoms in total. The first kappa shape index (κ1) is 17.7. The van der Waals surface area contributed by atoms with E-state index in [0.717, 1.165) is 44.2 Å². The minimum Gasteiger partial charge on any atom is -0.339 e. The number of aromatic amines is 1. The zero-order valence-electron chi connectivity index (χ0n) is 15.9. The van der Waals surface area contributed by atoms with Crippen LogP contribution in [0.5, 0.6) is 0 Å². The number of fused-ring (bicyclic) bond motifs is 3. The number of aromatic nitrogens is 2. The summed E-state index contributed by atoms with van der Waals surface area (Å²) in [5.74, 6) is 0.0923. The lowest BCUT2D eigenvalue weighted by molar-refractivity contribution is 0.597. The predicted molar refractivity (Wildman–Crippen MR) is 111 cm³/mol. The van der Waals surface area contributed by atoms with Crippen LogP contribution in [-0.4, -0.2) is 24.1 Å². The SMILES string of the molecule is CCS(=O)(=O)c1cccc(-c2cc(C)c(C)c3[nH]c4ncc(C)cc4c23)c1. The van der Waals surface area contributed by atoms with Crippen molar-refractivity contribution in [3.8, 4) is 11.1 Å². The minimum atomic E-state index is -3.26. The largest absolute Gasteiger partial charge is 0.339 e. The van der Waals surface area contributed by atoms with Gasteiger partial charge in [-0.1, -0.05) is 25.1 Å². The van der Waals surface area contributed by atoms with Gasteiger partial charge in [0.25, 0.3) is 0 Å². The number of hydrogen-bond acceptors (Lipinski definition) is 3.